The molecule has 0 spiro atoms. The molecule has 5 heteroatoms. The van der Waals surface area contributed by atoms with Gasteiger partial charge in [-0.25, -0.2) is 9.97 Å². The average molecular weight is 285 g/mol. The minimum Gasteiger partial charge on any atom is -0.370 e. The van der Waals surface area contributed by atoms with Gasteiger partial charge in [-0.3, -0.25) is 4.90 Å². The van der Waals surface area contributed by atoms with Gasteiger partial charge in [-0.1, -0.05) is 6.07 Å². The molecule has 1 saturated heterocycles. The predicted molar refractivity (Wildman–Crippen MR) is 84.1 cm³/mol. The highest BCUT2D eigenvalue weighted by Gasteiger charge is 2.23. The molecule has 0 radical (unpaired) electrons. The lowest BCUT2D eigenvalue weighted by molar-refractivity contribution is 0.307. The van der Waals surface area contributed by atoms with E-state index in [0.717, 1.165) is 43.5 Å². The largest absolute Gasteiger partial charge is 0.370 e. The van der Waals surface area contributed by atoms with E-state index in [0.29, 0.717) is 5.92 Å². The van der Waals surface area contributed by atoms with E-state index in [2.05, 4.69) is 31.8 Å². The van der Waals surface area contributed by atoms with Crippen LogP contribution in [0.3, 0.4) is 0 Å². The minimum atomic E-state index is 0.688. The lowest BCUT2D eigenvalue weighted by Gasteiger charge is -2.16. The Hall–Kier alpha value is -1.88. The van der Waals surface area contributed by atoms with Crippen molar-refractivity contribution in [3.05, 3.63) is 42.1 Å². The van der Waals surface area contributed by atoms with Crippen molar-refractivity contribution in [1.29, 1.82) is 0 Å². The van der Waals surface area contributed by atoms with Crippen LogP contribution >= 0.6 is 0 Å². The first-order valence-corrected chi connectivity index (χ1v) is 7.57. The van der Waals surface area contributed by atoms with Gasteiger partial charge in [0.25, 0.3) is 0 Å². The van der Waals surface area contributed by atoms with Gasteiger partial charge in [-0.05, 0) is 37.9 Å². The summed E-state index contributed by atoms with van der Waals surface area (Å²) >= 11 is 0. The molecule has 0 amide bonds. The minimum absolute atomic E-state index is 0.688. The Kier molecular flexibility index (Phi) is 4.20. The standard InChI is InChI=1S/C16H23N5/c1-13-4-3-5-15(19-13)18-10-14-6-8-21(11-14)12-16-17-7-9-20(16)2/h3-5,7,9,14H,6,8,10-12H2,1-2H3,(H,18,19)/t14-/m0/s1. The zero-order chi connectivity index (χ0) is 14.7. The number of aromatic nitrogens is 3. The molecule has 0 aromatic carbocycles. The molecule has 0 bridgehead atoms. The molecule has 1 aliphatic rings. The van der Waals surface area contributed by atoms with E-state index in [9.17, 15) is 0 Å². The van der Waals surface area contributed by atoms with Gasteiger partial charge in [0, 0.05) is 38.2 Å². The Morgan fingerprint density at radius 2 is 2.29 bits per heavy atom. The lowest BCUT2D eigenvalue weighted by Crippen LogP contribution is -2.24. The molecule has 0 unspecified atom stereocenters. The lowest BCUT2D eigenvalue weighted by atomic mass is 10.1. The van der Waals surface area contributed by atoms with Gasteiger partial charge in [0.15, 0.2) is 0 Å². The van der Waals surface area contributed by atoms with Gasteiger partial charge in [0.1, 0.15) is 11.6 Å². The number of aryl methyl sites for hydroxylation is 2. The Morgan fingerprint density at radius 1 is 1.38 bits per heavy atom. The molecular weight excluding hydrogens is 262 g/mol. The van der Waals surface area contributed by atoms with Crippen LogP contribution in [0.2, 0.25) is 0 Å². The first kappa shape index (κ1) is 14.1. The second kappa shape index (κ2) is 6.26. The average Bonchev–Trinajstić information content (AvgIpc) is 3.07. The van der Waals surface area contributed by atoms with Gasteiger partial charge in [0.2, 0.25) is 0 Å². The first-order valence-electron chi connectivity index (χ1n) is 7.57. The fourth-order valence-corrected chi connectivity index (χ4v) is 2.86. The highest BCUT2D eigenvalue weighted by atomic mass is 15.2. The summed E-state index contributed by atoms with van der Waals surface area (Å²) in [7, 11) is 2.06. The van der Waals surface area contributed by atoms with Crippen LogP contribution < -0.4 is 5.32 Å². The second-order valence-electron chi connectivity index (χ2n) is 5.89. The Labute approximate surface area is 126 Å². The van der Waals surface area contributed by atoms with Gasteiger partial charge >= 0.3 is 0 Å². The quantitative estimate of drug-likeness (QED) is 0.913. The SMILES string of the molecule is Cc1cccc(NC[C@@H]2CCN(Cc3nccn3C)C2)n1. The fraction of sp³-hybridized carbons (Fsp3) is 0.500. The van der Waals surface area contributed by atoms with E-state index < -0.39 is 0 Å². The van der Waals surface area contributed by atoms with Crippen LogP contribution in [0.15, 0.2) is 30.6 Å². The highest BCUT2D eigenvalue weighted by molar-refractivity contribution is 5.35. The number of hydrogen-bond donors (Lipinski definition) is 1. The van der Waals surface area contributed by atoms with Crippen LogP contribution in [-0.4, -0.2) is 39.1 Å². The summed E-state index contributed by atoms with van der Waals surface area (Å²) in [4.78, 5) is 11.4. The van der Waals surface area contributed by atoms with E-state index in [1.807, 2.05) is 37.5 Å². The van der Waals surface area contributed by atoms with E-state index in [-0.39, 0.29) is 0 Å². The molecule has 1 aliphatic heterocycles. The van der Waals surface area contributed by atoms with Crippen LogP contribution in [0.5, 0.6) is 0 Å². The third-order valence-corrected chi connectivity index (χ3v) is 4.12. The topological polar surface area (TPSA) is 46.0 Å². The number of nitrogens with one attached hydrogen (secondary N) is 1. The first-order chi connectivity index (χ1) is 10.2. The van der Waals surface area contributed by atoms with Crippen molar-refractivity contribution in [2.24, 2.45) is 13.0 Å². The molecule has 5 nitrogen and oxygen atoms in total. The van der Waals surface area contributed by atoms with E-state index in [1.165, 1.54) is 6.42 Å². The second-order valence-corrected chi connectivity index (χ2v) is 5.89. The third-order valence-electron chi connectivity index (χ3n) is 4.12. The van der Waals surface area contributed by atoms with Crippen molar-refractivity contribution in [2.75, 3.05) is 25.0 Å². The number of likely N-dealkylation sites (tertiary alicyclic amines) is 1. The molecule has 0 aliphatic carbocycles. The van der Waals surface area contributed by atoms with Crippen molar-refractivity contribution >= 4 is 5.82 Å². The van der Waals surface area contributed by atoms with E-state index in [4.69, 9.17) is 0 Å². The Morgan fingerprint density at radius 3 is 3.05 bits per heavy atom. The summed E-state index contributed by atoms with van der Waals surface area (Å²) in [5, 5.41) is 3.46. The van der Waals surface area contributed by atoms with Crippen molar-refractivity contribution in [3.63, 3.8) is 0 Å². The number of imidazole rings is 1. The van der Waals surface area contributed by atoms with Crippen LogP contribution in [0.1, 0.15) is 17.9 Å². The van der Waals surface area contributed by atoms with Crippen LogP contribution in [0.25, 0.3) is 0 Å². The third kappa shape index (κ3) is 3.61. The number of nitrogens with zero attached hydrogens (tertiary/aromatic N) is 4. The molecule has 2 aromatic heterocycles. The van der Waals surface area contributed by atoms with Crippen molar-refractivity contribution < 1.29 is 0 Å². The Balaban J connectivity index is 1.47. The van der Waals surface area contributed by atoms with Crippen molar-refractivity contribution in [1.82, 2.24) is 19.4 Å². The maximum atomic E-state index is 4.49. The maximum absolute atomic E-state index is 4.49. The Bertz CT molecular complexity index is 592. The molecule has 1 atom stereocenters. The monoisotopic (exact) mass is 285 g/mol. The summed E-state index contributed by atoms with van der Waals surface area (Å²) < 4.78 is 2.10. The molecule has 3 heterocycles. The van der Waals surface area contributed by atoms with Crippen LogP contribution in [-0.2, 0) is 13.6 Å². The molecule has 112 valence electrons. The summed E-state index contributed by atoms with van der Waals surface area (Å²) in [6.45, 7) is 6.25. The van der Waals surface area contributed by atoms with Crippen LogP contribution in [0, 0.1) is 12.8 Å². The summed E-state index contributed by atoms with van der Waals surface area (Å²) in [5.74, 6) is 2.81. The van der Waals surface area contributed by atoms with Gasteiger partial charge < -0.3 is 9.88 Å². The fourth-order valence-electron chi connectivity index (χ4n) is 2.86. The highest BCUT2D eigenvalue weighted by Crippen LogP contribution is 2.18. The number of hydrogen-bond acceptors (Lipinski definition) is 4. The summed E-state index contributed by atoms with van der Waals surface area (Å²) in [6.07, 6.45) is 5.12. The molecule has 0 saturated carbocycles. The van der Waals surface area contributed by atoms with E-state index in [1.54, 1.807) is 0 Å². The number of pyridine rings is 1. The van der Waals surface area contributed by atoms with Crippen molar-refractivity contribution in [2.45, 2.75) is 19.9 Å². The van der Waals surface area contributed by atoms with Gasteiger partial charge in [-0.15, -0.1) is 0 Å². The summed E-state index contributed by atoms with van der Waals surface area (Å²) in [6, 6.07) is 6.11. The van der Waals surface area contributed by atoms with Crippen LogP contribution in [0.4, 0.5) is 5.82 Å². The van der Waals surface area contributed by atoms with Crippen molar-refractivity contribution in [3.8, 4) is 0 Å². The number of rotatable bonds is 5. The molecule has 3 rings (SSSR count). The summed E-state index contributed by atoms with van der Waals surface area (Å²) in [5.41, 5.74) is 1.06. The molecular formula is C16H23N5. The number of anilines is 1. The maximum Gasteiger partial charge on any atom is 0.126 e. The molecule has 1 fully saturated rings. The zero-order valence-electron chi connectivity index (χ0n) is 12.8. The van der Waals surface area contributed by atoms with Gasteiger partial charge in [-0.2, -0.15) is 0 Å². The molecule has 1 N–H and O–H groups in total. The smallest absolute Gasteiger partial charge is 0.126 e. The normalized spacial score (nSPS) is 19.0. The van der Waals surface area contributed by atoms with E-state index >= 15 is 0 Å². The molecule has 21 heavy (non-hydrogen) atoms. The predicted octanol–water partition coefficient (Wildman–Crippen LogP) is 2.06. The zero-order valence-corrected chi connectivity index (χ0v) is 12.8. The molecule has 2 aromatic rings. The van der Waals surface area contributed by atoms with Gasteiger partial charge in [0.05, 0.1) is 6.54 Å².